The lowest BCUT2D eigenvalue weighted by atomic mass is 9.97. The van der Waals surface area contributed by atoms with Gasteiger partial charge in [-0.25, -0.2) is 9.97 Å². The maximum atomic E-state index is 10.8. The molecule has 1 N–H and O–H groups in total. The van der Waals surface area contributed by atoms with E-state index in [0.29, 0.717) is 18.2 Å². The van der Waals surface area contributed by atoms with E-state index in [1.54, 1.807) is 12.4 Å². The van der Waals surface area contributed by atoms with Crippen LogP contribution in [0.25, 0.3) is 11.4 Å². The van der Waals surface area contributed by atoms with Gasteiger partial charge in [-0.3, -0.25) is 4.79 Å². The molecule has 0 amide bonds. The second-order valence-corrected chi connectivity index (χ2v) is 6.27. The third kappa shape index (κ3) is 6.18. The minimum Gasteiger partial charge on any atom is -0.490 e. The number of rotatable bonds is 10. The molecular weight excluding hydrogens is 316 g/mol. The molecule has 0 saturated carbocycles. The van der Waals surface area contributed by atoms with Crippen molar-refractivity contribution in [3.05, 3.63) is 42.2 Å². The van der Waals surface area contributed by atoms with E-state index < -0.39 is 5.97 Å². The average molecular weight is 342 g/mol. The van der Waals surface area contributed by atoms with E-state index in [4.69, 9.17) is 9.84 Å². The Balaban J connectivity index is 1.92. The molecule has 1 unspecified atom stereocenters. The van der Waals surface area contributed by atoms with E-state index in [1.165, 1.54) is 19.3 Å². The van der Waals surface area contributed by atoms with Crippen LogP contribution in [-0.4, -0.2) is 27.7 Å². The molecule has 1 aromatic heterocycles. The standard InChI is InChI=1S/C20H26N2O3/c1-3-4-5-6-11-25-18-13-21-20(22-14-18)17-9-7-16(8-10-17)15(2)12-19(23)24/h7-10,13-15H,3-6,11-12H2,1-2H3,(H,23,24). The molecule has 0 aliphatic rings. The minimum absolute atomic E-state index is 0.0176. The second kappa shape index (κ2) is 9.77. The molecule has 5 heteroatoms. The number of carbonyl (C=O) groups is 1. The molecule has 0 fully saturated rings. The zero-order valence-corrected chi connectivity index (χ0v) is 14.9. The normalized spacial score (nSPS) is 11.9. The molecule has 2 rings (SSSR count). The summed E-state index contributed by atoms with van der Waals surface area (Å²) in [5.74, 6) is 0.517. The minimum atomic E-state index is -0.787. The smallest absolute Gasteiger partial charge is 0.303 e. The summed E-state index contributed by atoms with van der Waals surface area (Å²) in [6.45, 7) is 4.79. The first-order chi connectivity index (χ1) is 12.1. The molecular formula is C20H26N2O3. The summed E-state index contributed by atoms with van der Waals surface area (Å²) in [6.07, 6.45) is 8.20. The van der Waals surface area contributed by atoms with Gasteiger partial charge < -0.3 is 9.84 Å². The summed E-state index contributed by atoms with van der Waals surface area (Å²) < 4.78 is 5.65. The molecule has 0 saturated heterocycles. The molecule has 25 heavy (non-hydrogen) atoms. The van der Waals surface area contributed by atoms with Gasteiger partial charge in [-0.1, -0.05) is 57.4 Å². The van der Waals surface area contributed by atoms with E-state index in [1.807, 2.05) is 31.2 Å². The summed E-state index contributed by atoms with van der Waals surface area (Å²) in [4.78, 5) is 19.5. The van der Waals surface area contributed by atoms with Crippen molar-refractivity contribution in [1.82, 2.24) is 9.97 Å². The molecule has 1 aromatic carbocycles. The van der Waals surface area contributed by atoms with E-state index in [9.17, 15) is 4.79 Å². The van der Waals surface area contributed by atoms with Crippen LogP contribution >= 0.6 is 0 Å². The first kappa shape index (κ1) is 18.9. The van der Waals surface area contributed by atoms with Gasteiger partial charge in [-0.05, 0) is 17.9 Å². The fourth-order valence-corrected chi connectivity index (χ4v) is 2.60. The highest BCUT2D eigenvalue weighted by Gasteiger charge is 2.10. The molecule has 0 aliphatic heterocycles. The zero-order chi connectivity index (χ0) is 18.1. The summed E-state index contributed by atoms with van der Waals surface area (Å²) in [6, 6.07) is 7.72. The maximum absolute atomic E-state index is 10.8. The molecule has 5 nitrogen and oxygen atoms in total. The molecule has 2 aromatic rings. The van der Waals surface area contributed by atoms with Crippen molar-refractivity contribution in [2.75, 3.05) is 6.61 Å². The Bertz CT molecular complexity index is 654. The lowest BCUT2D eigenvalue weighted by molar-refractivity contribution is -0.137. The van der Waals surface area contributed by atoms with Crippen LogP contribution in [0.5, 0.6) is 5.75 Å². The van der Waals surface area contributed by atoms with Crippen LogP contribution in [0, 0.1) is 0 Å². The number of ether oxygens (including phenoxy) is 1. The topological polar surface area (TPSA) is 72.3 Å². The van der Waals surface area contributed by atoms with Gasteiger partial charge >= 0.3 is 5.97 Å². The summed E-state index contributed by atoms with van der Waals surface area (Å²) in [7, 11) is 0. The Morgan fingerprint density at radius 2 is 1.80 bits per heavy atom. The van der Waals surface area contributed by atoms with Gasteiger partial charge in [0.15, 0.2) is 11.6 Å². The number of benzene rings is 1. The Labute approximate surface area is 149 Å². The van der Waals surface area contributed by atoms with Crippen LogP contribution in [0.1, 0.15) is 57.4 Å². The first-order valence-electron chi connectivity index (χ1n) is 8.87. The van der Waals surface area contributed by atoms with Gasteiger partial charge in [0.25, 0.3) is 0 Å². The second-order valence-electron chi connectivity index (χ2n) is 6.27. The van der Waals surface area contributed by atoms with Crippen molar-refractivity contribution >= 4 is 5.97 Å². The van der Waals surface area contributed by atoms with E-state index >= 15 is 0 Å². The van der Waals surface area contributed by atoms with Gasteiger partial charge in [0.2, 0.25) is 0 Å². The third-order valence-corrected chi connectivity index (χ3v) is 4.11. The highest BCUT2D eigenvalue weighted by molar-refractivity contribution is 5.68. The average Bonchev–Trinajstić information content (AvgIpc) is 2.62. The molecule has 0 aliphatic carbocycles. The van der Waals surface area contributed by atoms with Crippen molar-refractivity contribution in [3.63, 3.8) is 0 Å². The highest BCUT2D eigenvalue weighted by Crippen LogP contribution is 2.23. The van der Waals surface area contributed by atoms with Gasteiger partial charge in [0, 0.05) is 5.56 Å². The maximum Gasteiger partial charge on any atom is 0.303 e. The predicted octanol–water partition coefficient (Wildman–Crippen LogP) is 4.68. The zero-order valence-electron chi connectivity index (χ0n) is 14.9. The van der Waals surface area contributed by atoms with Gasteiger partial charge in [-0.15, -0.1) is 0 Å². The van der Waals surface area contributed by atoms with Crippen LogP contribution in [0.3, 0.4) is 0 Å². The number of nitrogens with zero attached hydrogens (tertiary/aromatic N) is 2. The number of carboxylic acids is 1. The Morgan fingerprint density at radius 3 is 2.40 bits per heavy atom. The molecule has 0 radical (unpaired) electrons. The monoisotopic (exact) mass is 342 g/mol. The largest absolute Gasteiger partial charge is 0.490 e. The lowest BCUT2D eigenvalue weighted by Crippen LogP contribution is -2.02. The Kier molecular flexibility index (Phi) is 7.38. The fourth-order valence-electron chi connectivity index (χ4n) is 2.60. The summed E-state index contributed by atoms with van der Waals surface area (Å²) >= 11 is 0. The van der Waals surface area contributed by atoms with Crippen LogP contribution < -0.4 is 4.74 Å². The summed E-state index contributed by atoms with van der Waals surface area (Å²) in [5.41, 5.74) is 1.90. The van der Waals surface area contributed by atoms with E-state index in [-0.39, 0.29) is 12.3 Å². The Hall–Kier alpha value is -2.43. The number of carboxylic acid groups (broad SMARTS) is 1. The number of aromatic nitrogens is 2. The summed E-state index contributed by atoms with van der Waals surface area (Å²) in [5, 5.41) is 8.88. The van der Waals surface area contributed by atoms with Crippen molar-refractivity contribution < 1.29 is 14.6 Å². The number of hydrogen-bond donors (Lipinski definition) is 1. The van der Waals surface area contributed by atoms with Crippen molar-refractivity contribution in [2.45, 2.75) is 51.9 Å². The van der Waals surface area contributed by atoms with Crippen molar-refractivity contribution in [3.8, 4) is 17.1 Å². The molecule has 0 spiro atoms. The number of unbranched alkanes of at least 4 members (excludes halogenated alkanes) is 3. The van der Waals surface area contributed by atoms with Crippen molar-refractivity contribution in [1.29, 1.82) is 0 Å². The molecule has 1 heterocycles. The predicted molar refractivity (Wildman–Crippen MR) is 97.8 cm³/mol. The van der Waals surface area contributed by atoms with E-state index in [2.05, 4.69) is 16.9 Å². The Morgan fingerprint density at radius 1 is 1.12 bits per heavy atom. The SMILES string of the molecule is CCCCCCOc1cnc(-c2ccc(C(C)CC(=O)O)cc2)nc1. The van der Waals surface area contributed by atoms with Gasteiger partial charge in [-0.2, -0.15) is 0 Å². The quantitative estimate of drug-likeness (QED) is 0.635. The first-order valence-corrected chi connectivity index (χ1v) is 8.87. The molecule has 134 valence electrons. The molecule has 1 atom stereocenters. The number of aliphatic carboxylic acids is 1. The lowest BCUT2D eigenvalue weighted by Gasteiger charge is -2.10. The van der Waals surface area contributed by atoms with Crippen molar-refractivity contribution in [2.24, 2.45) is 0 Å². The van der Waals surface area contributed by atoms with Crippen LogP contribution in [0.15, 0.2) is 36.7 Å². The molecule has 0 bridgehead atoms. The van der Waals surface area contributed by atoms with Crippen LogP contribution in [0.4, 0.5) is 0 Å². The van der Waals surface area contributed by atoms with Crippen LogP contribution in [-0.2, 0) is 4.79 Å². The highest BCUT2D eigenvalue weighted by atomic mass is 16.5. The fraction of sp³-hybridized carbons (Fsp3) is 0.450. The number of hydrogen-bond acceptors (Lipinski definition) is 4. The third-order valence-electron chi connectivity index (χ3n) is 4.11. The van der Waals surface area contributed by atoms with Gasteiger partial charge in [0.1, 0.15) is 0 Å². The van der Waals surface area contributed by atoms with Gasteiger partial charge in [0.05, 0.1) is 25.4 Å². The van der Waals surface area contributed by atoms with E-state index in [0.717, 1.165) is 17.5 Å². The van der Waals surface area contributed by atoms with Crippen LogP contribution in [0.2, 0.25) is 0 Å².